The van der Waals surface area contributed by atoms with Gasteiger partial charge in [0.25, 0.3) is 0 Å². The molecule has 0 N–H and O–H groups in total. The average Bonchev–Trinajstić information content (AvgIpc) is 4.02. The van der Waals surface area contributed by atoms with Crippen molar-refractivity contribution >= 4 is 72.4 Å². The van der Waals surface area contributed by atoms with Crippen molar-refractivity contribution in [3.05, 3.63) is 285 Å². The third kappa shape index (κ3) is 7.41. The number of nitrogens with zero attached hydrogens (tertiary/aromatic N) is 5. The van der Waals surface area contributed by atoms with Crippen LogP contribution in [0.25, 0.3) is 100 Å². The minimum Gasteiger partial charge on any atom is -0.309 e. The molecule has 0 spiro atoms. The molecule has 0 fully saturated rings. The SMILES string of the molecule is c1ccc(-c2nc(-c3ccccc3)nc(-c3ccc(-n4c5ccccc5c5cc(-n6c7ccccc7c7ccccc76)ccc54)cc3-c3cccc([Si](c4ccccc4)(c4ccccc4)c4ccccc4)c3)n2)cc1. The van der Waals surface area contributed by atoms with Crippen LogP contribution in [-0.4, -0.2) is 32.2 Å². The van der Waals surface area contributed by atoms with Gasteiger partial charge in [-0.1, -0.05) is 231 Å². The van der Waals surface area contributed by atoms with Crippen LogP contribution in [0.15, 0.2) is 285 Å². The molecule has 75 heavy (non-hydrogen) atoms. The van der Waals surface area contributed by atoms with E-state index in [0.717, 1.165) is 50.2 Å². The maximum absolute atomic E-state index is 5.35. The lowest BCUT2D eigenvalue weighted by molar-refractivity contribution is 1.07. The van der Waals surface area contributed by atoms with E-state index >= 15 is 0 Å². The Morgan fingerprint density at radius 1 is 0.240 bits per heavy atom. The second-order valence-corrected chi connectivity index (χ2v) is 22.9. The standard InChI is InChI=1S/C69H47N5Si/c1-6-23-48(24-7-1)67-70-68(49-25-8-2-9-26-49)72-69(71-67)60-43-41-51(46-61(60)50-27-22-34-56(45-50)75(53-28-10-3-11-29-53,54-30-12-4-13-31-54)55-32-14-5-15-33-55)74-65-40-21-18-37-59(65)62-47-52(42-44-66(62)74)73-63-38-19-16-35-57(63)58-36-17-20-39-64(58)73/h1-47H. The zero-order chi connectivity index (χ0) is 49.7. The molecule has 352 valence electrons. The molecule has 0 aliphatic rings. The van der Waals surface area contributed by atoms with Gasteiger partial charge in [0.05, 0.1) is 22.1 Å². The van der Waals surface area contributed by atoms with Gasteiger partial charge in [0.2, 0.25) is 0 Å². The molecule has 0 bridgehead atoms. The van der Waals surface area contributed by atoms with Gasteiger partial charge in [-0.3, -0.25) is 0 Å². The largest absolute Gasteiger partial charge is 0.309 e. The summed E-state index contributed by atoms with van der Waals surface area (Å²) in [4.78, 5) is 15.8. The number of aromatic nitrogens is 5. The second-order valence-electron chi connectivity index (χ2n) is 19.1. The van der Waals surface area contributed by atoms with Crippen LogP contribution in [0.3, 0.4) is 0 Å². The Morgan fingerprint density at radius 3 is 1.12 bits per heavy atom. The van der Waals surface area contributed by atoms with Gasteiger partial charge in [-0.2, -0.15) is 0 Å². The molecule has 0 aliphatic carbocycles. The molecule has 0 aliphatic heterocycles. The maximum atomic E-state index is 5.35. The van der Waals surface area contributed by atoms with Gasteiger partial charge in [-0.25, -0.2) is 15.0 Å². The number of para-hydroxylation sites is 3. The topological polar surface area (TPSA) is 48.5 Å². The summed E-state index contributed by atoms with van der Waals surface area (Å²) >= 11 is 0. The maximum Gasteiger partial charge on any atom is 0.179 e. The first kappa shape index (κ1) is 44.0. The minimum absolute atomic E-state index is 0.602. The first-order valence-electron chi connectivity index (χ1n) is 25.5. The molecule has 3 aromatic heterocycles. The first-order chi connectivity index (χ1) is 37.2. The Hall–Kier alpha value is -9.75. The molecule has 6 heteroatoms. The van der Waals surface area contributed by atoms with E-state index in [1.165, 1.54) is 53.3 Å². The summed E-state index contributed by atoms with van der Waals surface area (Å²) in [6, 6.07) is 103. The molecular formula is C69H47N5Si. The summed E-state index contributed by atoms with van der Waals surface area (Å²) in [7, 11) is -2.92. The average molecular weight is 974 g/mol. The van der Waals surface area contributed by atoms with E-state index < -0.39 is 8.07 Å². The number of fused-ring (bicyclic) bond motifs is 6. The van der Waals surface area contributed by atoms with E-state index in [1.807, 2.05) is 36.4 Å². The molecule has 14 aromatic rings. The van der Waals surface area contributed by atoms with Crippen molar-refractivity contribution in [2.45, 2.75) is 0 Å². The molecule has 5 nitrogen and oxygen atoms in total. The summed E-state index contributed by atoms with van der Waals surface area (Å²) in [5, 5.41) is 10.1. The van der Waals surface area contributed by atoms with Crippen molar-refractivity contribution in [1.29, 1.82) is 0 Å². The summed E-state index contributed by atoms with van der Waals surface area (Å²) in [5.41, 5.74) is 11.6. The Morgan fingerprint density at radius 2 is 0.613 bits per heavy atom. The lowest BCUT2D eigenvalue weighted by Gasteiger charge is -2.34. The third-order valence-corrected chi connectivity index (χ3v) is 19.7. The summed E-state index contributed by atoms with van der Waals surface area (Å²) in [6.07, 6.45) is 0. The van der Waals surface area contributed by atoms with Crippen molar-refractivity contribution in [3.8, 4) is 56.7 Å². The highest BCUT2D eigenvalue weighted by Crippen LogP contribution is 2.40. The summed E-state index contributed by atoms with van der Waals surface area (Å²) in [5.74, 6) is 1.84. The quantitative estimate of drug-likeness (QED) is 0.101. The fourth-order valence-electron chi connectivity index (χ4n) is 11.6. The molecule has 0 radical (unpaired) electrons. The highest BCUT2D eigenvalue weighted by atomic mass is 28.3. The predicted molar refractivity (Wildman–Crippen MR) is 314 cm³/mol. The van der Waals surface area contributed by atoms with Crippen LogP contribution in [0.4, 0.5) is 0 Å². The monoisotopic (exact) mass is 973 g/mol. The summed E-state index contributed by atoms with van der Waals surface area (Å²) in [6.45, 7) is 0. The van der Waals surface area contributed by atoms with E-state index in [9.17, 15) is 0 Å². The Balaban J connectivity index is 1.03. The zero-order valence-electron chi connectivity index (χ0n) is 40.9. The van der Waals surface area contributed by atoms with Gasteiger partial charge in [0.1, 0.15) is 0 Å². The Kier molecular flexibility index (Phi) is 10.8. The van der Waals surface area contributed by atoms with Gasteiger partial charge in [0.15, 0.2) is 25.5 Å². The molecule has 0 atom stereocenters. The predicted octanol–water partition coefficient (Wildman–Crippen LogP) is 14.1. The van der Waals surface area contributed by atoms with Gasteiger partial charge in [-0.15, -0.1) is 0 Å². The van der Waals surface area contributed by atoms with Crippen LogP contribution in [0.1, 0.15) is 0 Å². The highest BCUT2D eigenvalue weighted by molar-refractivity contribution is 7.19. The second kappa shape index (κ2) is 18.4. The zero-order valence-corrected chi connectivity index (χ0v) is 41.9. The van der Waals surface area contributed by atoms with Gasteiger partial charge >= 0.3 is 0 Å². The number of benzene rings is 11. The van der Waals surface area contributed by atoms with Crippen molar-refractivity contribution in [2.24, 2.45) is 0 Å². The van der Waals surface area contributed by atoms with Crippen LogP contribution >= 0.6 is 0 Å². The van der Waals surface area contributed by atoms with Crippen molar-refractivity contribution < 1.29 is 0 Å². The smallest absolute Gasteiger partial charge is 0.179 e. The first-order valence-corrected chi connectivity index (χ1v) is 27.5. The van der Waals surface area contributed by atoms with Crippen molar-refractivity contribution in [3.63, 3.8) is 0 Å². The van der Waals surface area contributed by atoms with E-state index in [2.05, 4.69) is 258 Å². The lowest BCUT2D eigenvalue weighted by atomic mass is 9.98. The Labute approximate surface area is 436 Å². The third-order valence-electron chi connectivity index (χ3n) is 14.9. The van der Waals surface area contributed by atoms with Crippen LogP contribution in [0.5, 0.6) is 0 Å². The molecule has 0 saturated heterocycles. The molecule has 0 amide bonds. The van der Waals surface area contributed by atoms with Crippen molar-refractivity contribution in [1.82, 2.24) is 24.1 Å². The number of hydrogen-bond acceptors (Lipinski definition) is 3. The van der Waals surface area contributed by atoms with Crippen LogP contribution < -0.4 is 20.7 Å². The molecule has 14 rings (SSSR count). The Bertz CT molecular complexity index is 4190. The van der Waals surface area contributed by atoms with Gasteiger partial charge in [-0.05, 0) is 86.5 Å². The molecule has 11 aromatic carbocycles. The van der Waals surface area contributed by atoms with Gasteiger partial charge in [0, 0.05) is 49.6 Å². The number of rotatable bonds is 10. The van der Waals surface area contributed by atoms with Crippen molar-refractivity contribution in [2.75, 3.05) is 0 Å². The molecule has 0 unspecified atom stereocenters. The number of hydrogen-bond donors (Lipinski definition) is 0. The fourth-order valence-corrected chi connectivity index (χ4v) is 16.4. The molecule has 0 saturated carbocycles. The van der Waals surface area contributed by atoms with Crippen LogP contribution in [-0.2, 0) is 0 Å². The summed E-state index contributed by atoms with van der Waals surface area (Å²) < 4.78 is 4.83. The molecular weight excluding hydrogens is 927 g/mol. The van der Waals surface area contributed by atoms with Gasteiger partial charge < -0.3 is 9.13 Å². The fraction of sp³-hybridized carbons (Fsp3) is 0. The normalized spacial score (nSPS) is 11.7. The minimum atomic E-state index is -2.92. The highest BCUT2D eigenvalue weighted by Gasteiger charge is 2.41. The van der Waals surface area contributed by atoms with Crippen LogP contribution in [0.2, 0.25) is 0 Å². The van der Waals surface area contributed by atoms with E-state index in [4.69, 9.17) is 15.0 Å². The lowest BCUT2D eigenvalue weighted by Crippen LogP contribution is -2.74. The van der Waals surface area contributed by atoms with E-state index in [1.54, 1.807) is 0 Å². The van der Waals surface area contributed by atoms with E-state index in [-0.39, 0.29) is 0 Å². The van der Waals surface area contributed by atoms with E-state index in [0.29, 0.717) is 17.5 Å². The van der Waals surface area contributed by atoms with Crippen LogP contribution in [0, 0.1) is 0 Å². The molecule has 3 heterocycles.